The number of fused-ring (bicyclic) bond motifs is 1. The molecular formula is C14H17BrN2O2. The molecule has 3 rings (SSSR count). The molecule has 2 aromatic heterocycles. The lowest BCUT2D eigenvalue weighted by Crippen LogP contribution is -2.41. The van der Waals surface area contributed by atoms with Crippen LogP contribution >= 0.6 is 15.9 Å². The predicted molar refractivity (Wildman–Crippen MR) is 77.9 cm³/mol. The fourth-order valence-electron chi connectivity index (χ4n) is 2.71. The minimum Gasteiger partial charge on any atom is -0.491 e. The highest BCUT2D eigenvalue weighted by molar-refractivity contribution is 9.09. The summed E-state index contributed by atoms with van der Waals surface area (Å²) < 4.78 is 7.70. The summed E-state index contributed by atoms with van der Waals surface area (Å²) in [4.78, 5) is 4.49. The van der Waals surface area contributed by atoms with Gasteiger partial charge in [-0.25, -0.2) is 4.98 Å². The molecule has 1 aliphatic rings. The molecule has 1 N–H and O–H groups in total. The lowest BCUT2D eigenvalue weighted by atomic mass is 9.77. The smallest absolute Gasteiger partial charge is 0.140 e. The van der Waals surface area contributed by atoms with Crippen LogP contribution in [0.4, 0.5) is 0 Å². The number of aromatic nitrogens is 2. The molecule has 19 heavy (non-hydrogen) atoms. The third-order valence-electron chi connectivity index (χ3n) is 3.62. The first-order valence-electron chi connectivity index (χ1n) is 6.47. The fraction of sp³-hybridized carbons (Fsp3) is 0.500. The Balaban J connectivity index is 1.84. The number of ether oxygens (including phenoxy) is 1. The summed E-state index contributed by atoms with van der Waals surface area (Å²) in [6, 6.07) is 4.42. The van der Waals surface area contributed by atoms with Crippen molar-refractivity contribution in [1.82, 2.24) is 9.55 Å². The summed E-state index contributed by atoms with van der Waals surface area (Å²) in [5.41, 5.74) is 0.451. The van der Waals surface area contributed by atoms with E-state index in [9.17, 15) is 5.11 Å². The lowest BCUT2D eigenvalue weighted by Gasteiger charge is -2.41. The Labute approximate surface area is 120 Å². The maximum absolute atomic E-state index is 9.84. The molecule has 0 atom stereocenters. The molecule has 5 heteroatoms. The first-order chi connectivity index (χ1) is 9.09. The number of pyridine rings is 1. The van der Waals surface area contributed by atoms with Gasteiger partial charge in [-0.05, 0) is 31.9 Å². The van der Waals surface area contributed by atoms with E-state index < -0.39 is 5.60 Å². The van der Waals surface area contributed by atoms with Gasteiger partial charge in [0.15, 0.2) is 0 Å². The van der Waals surface area contributed by atoms with Gasteiger partial charge >= 0.3 is 0 Å². The molecule has 1 aliphatic carbocycles. The van der Waals surface area contributed by atoms with Gasteiger partial charge in [-0.15, -0.1) is 0 Å². The number of nitrogens with zero attached hydrogens (tertiary/aromatic N) is 2. The van der Waals surface area contributed by atoms with E-state index in [2.05, 4.69) is 31.5 Å². The van der Waals surface area contributed by atoms with E-state index in [1.165, 1.54) is 0 Å². The molecule has 0 unspecified atom stereocenters. The third-order valence-corrected chi connectivity index (χ3v) is 3.94. The van der Waals surface area contributed by atoms with Crippen LogP contribution in [0.3, 0.4) is 0 Å². The molecule has 0 aromatic carbocycles. The summed E-state index contributed by atoms with van der Waals surface area (Å²) in [5, 5.41) is 11.7. The Kier molecular flexibility index (Phi) is 3.27. The molecule has 0 saturated heterocycles. The minimum atomic E-state index is -0.514. The molecule has 2 aromatic rings. The Bertz CT molecular complexity index is 586. The molecule has 0 amide bonds. The molecule has 1 saturated carbocycles. The van der Waals surface area contributed by atoms with Gasteiger partial charge in [-0.2, -0.15) is 0 Å². The fourth-order valence-corrected chi connectivity index (χ4v) is 2.87. The molecule has 2 heterocycles. The molecule has 0 aliphatic heterocycles. The van der Waals surface area contributed by atoms with E-state index in [0.29, 0.717) is 12.6 Å². The molecule has 102 valence electrons. The van der Waals surface area contributed by atoms with Crippen LogP contribution in [0.5, 0.6) is 5.75 Å². The van der Waals surface area contributed by atoms with Gasteiger partial charge in [0.25, 0.3) is 0 Å². The molecule has 0 spiro atoms. The SMILES string of the molecule is C[C@]1(O)C[C@@H](n2ccc3cc(OCCBr)cnc32)C1. The first-order valence-corrected chi connectivity index (χ1v) is 7.59. The monoisotopic (exact) mass is 324 g/mol. The summed E-state index contributed by atoms with van der Waals surface area (Å²) in [6.45, 7) is 2.52. The van der Waals surface area contributed by atoms with Crippen molar-refractivity contribution in [3.05, 3.63) is 24.5 Å². The van der Waals surface area contributed by atoms with Crippen LogP contribution in [0, 0.1) is 0 Å². The van der Waals surface area contributed by atoms with Crippen LogP contribution in [0.15, 0.2) is 24.5 Å². The number of aliphatic hydroxyl groups is 1. The molecule has 0 bridgehead atoms. The maximum atomic E-state index is 9.84. The molecule has 1 fully saturated rings. The number of halogens is 1. The van der Waals surface area contributed by atoms with Crippen molar-refractivity contribution >= 4 is 27.0 Å². The van der Waals surface area contributed by atoms with Crippen molar-refractivity contribution in [2.75, 3.05) is 11.9 Å². The van der Waals surface area contributed by atoms with E-state index >= 15 is 0 Å². The van der Waals surface area contributed by atoms with Gasteiger partial charge in [-0.3, -0.25) is 0 Å². The van der Waals surface area contributed by atoms with Crippen LogP contribution in [-0.2, 0) is 0 Å². The van der Waals surface area contributed by atoms with E-state index in [4.69, 9.17) is 4.74 Å². The number of rotatable bonds is 4. The van der Waals surface area contributed by atoms with E-state index in [1.807, 2.05) is 19.2 Å². The zero-order valence-electron chi connectivity index (χ0n) is 10.8. The van der Waals surface area contributed by atoms with Gasteiger partial charge < -0.3 is 14.4 Å². The summed E-state index contributed by atoms with van der Waals surface area (Å²) >= 11 is 3.33. The second-order valence-electron chi connectivity index (χ2n) is 5.40. The number of hydrogen-bond acceptors (Lipinski definition) is 3. The van der Waals surface area contributed by atoms with Crippen LogP contribution in [0.25, 0.3) is 11.0 Å². The van der Waals surface area contributed by atoms with Crippen molar-refractivity contribution in [3.8, 4) is 5.75 Å². The lowest BCUT2D eigenvalue weighted by molar-refractivity contribution is -0.0498. The molecule has 4 nitrogen and oxygen atoms in total. The van der Waals surface area contributed by atoms with Crippen LogP contribution in [0.1, 0.15) is 25.8 Å². The summed E-state index contributed by atoms with van der Waals surface area (Å²) in [7, 11) is 0. The van der Waals surface area contributed by atoms with Crippen molar-refractivity contribution in [2.24, 2.45) is 0 Å². The van der Waals surface area contributed by atoms with Crippen molar-refractivity contribution in [2.45, 2.75) is 31.4 Å². The predicted octanol–water partition coefficient (Wildman–Crippen LogP) is 2.90. The first kappa shape index (κ1) is 12.9. The zero-order valence-corrected chi connectivity index (χ0v) is 12.4. The maximum Gasteiger partial charge on any atom is 0.140 e. The minimum absolute atomic E-state index is 0.356. The van der Waals surface area contributed by atoms with E-state index in [1.54, 1.807) is 6.20 Å². The highest BCUT2D eigenvalue weighted by Gasteiger charge is 2.39. The van der Waals surface area contributed by atoms with E-state index in [0.717, 1.165) is 35.0 Å². The second kappa shape index (κ2) is 4.80. The van der Waals surface area contributed by atoms with Gasteiger partial charge in [0, 0.05) is 23.0 Å². The van der Waals surface area contributed by atoms with E-state index in [-0.39, 0.29) is 0 Å². The molecule has 0 radical (unpaired) electrons. The Hall–Kier alpha value is -1.07. The quantitative estimate of drug-likeness (QED) is 0.880. The average Bonchev–Trinajstić information content (AvgIpc) is 2.76. The van der Waals surface area contributed by atoms with Crippen LogP contribution in [-0.4, -0.2) is 32.2 Å². The molecular weight excluding hydrogens is 308 g/mol. The Morgan fingerprint density at radius 3 is 3.05 bits per heavy atom. The normalized spacial score (nSPS) is 26.4. The summed E-state index contributed by atoms with van der Waals surface area (Å²) in [6.07, 6.45) is 5.39. The Morgan fingerprint density at radius 1 is 1.58 bits per heavy atom. The zero-order chi connectivity index (χ0) is 13.5. The topological polar surface area (TPSA) is 47.3 Å². The third kappa shape index (κ3) is 2.49. The standard InChI is InChI=1S/C14H17BrN2O2/c1-14(18)7-11(8-14)17-4-2-10-6-12(19-5-3-15)9-16-13(10)17/h2,4,6,9,11,18H,3,5,7-8H2,1H3/t11-,14+. The Morgan fingerprint density at radius 2 is 2.37 bits per heavy atom. The highest BCUT2D eigenvalue weighted by Crippen LogP contribution is 2.42. The average molecular weight is 325 g/mol. The van der Waals surface area contributed by atoms with Crippen molar-refractivity contribution < 1.29 is 9.84 Å². The van der Waals surface area contributed by atoms with Crippen LogP contribution < -0.4 is 4.74 Å². The van der Waals surface area contributed by atoms with Gasteiger partial charge in [0.05, 0.1) is 18.4 Å². The van der Waals surface area contributed by atoms with Gasteiger partial charge in [0.2, 0.25) is 0 Å². The van der Waals surface area contributed by atoms with Crippen molar-refractivity contribution in [1.29, 1.82) is 0 Å². The van der Waals surface area contributed by atoms with Gasteiger partial charge in [0.1, 0.15) is 11.4 Å². The van der Waals surface area contributed by atoms with Crippen LogP contribution in [0.2, 0.25) is 0 Å². The van der Waals surface area contributed by atoms with Crippen molar-refractivity contribution in [3.63, 3.8) is 0 Å². The highest BCUT2D eigenvalue weighted by atomic mass is 79.9. The number of hydrogen-bond donors (Lipinski definition) is 1. The largest absolute Gasteiger partial charge is 0.491 e. The number of alkyl halides is 1. The van der Waals surface area contributed by atoms with Gasteiger partial charge in [-0.1, -0.05) is 15.9 Å². The summed E-state index contributed by atoms with van der Waals surface area (Å²) in [5.74, 6) is 0.797. The second-order valence-corrected chi connectivity index (χ2v) is 6.20.